The summed E-state index contributed by atoms with van der Waals surface area (Å²) in [6.07, 6.45) is 1.02. The molecule has 0 saturated heterocycles. The van der Waals surface area contributed by atoms with Crippen molar-refractivity contribution < 1.29 is 22.8 Å². The first-order valence-electron chi connectivity index (χ1n) is 10.1. The van der Waals surface area contributed by atoms with Crippen LogP contribution in [-0.4, -0.2) is 44.8 Å². The Hall–Kier alpha value is -3.76. The van der Waals surface area contributed by atoms with Crippen LogP contribution in [0.4, 0.5) is 18.9 Å². The van der Waals surface area contributed by atoms with Gasteiger partial charge < -0.3 is 5.32 Å². The second-order valence-electron chi connectivity index (χ2n) is 8.30. The lowest BCUT2D eigenvalue weighted by Gasteiger charge is -2.30. The number of nitrogens with one attached hydrogen (secondary N) is 1. The van der Waals surface area contributed by atoms with E-state index >= 15 is 0 Å². The third-order valence-corrected chi connectivity index (χ3v) is 5.51. The van der Waals surface area contributed by atoms with Crippen LogP contribution in [0.25, 0.3) is 11.3 Å². The zero-order valence-electron chi connectivity index (χ0n) is 18.4. The maximum Gasteiger partial charge on any atom is 0.408 e. The first-order chi connectivity index (χ1) is 15.4. The summed E-state index contributed by atoms with van der Waals surface area (Å²) in [7, 11) is 1.52. The highest BCUT2D eigenvalue weighted by Gasteiger charge is 2.47. The molecular formula is C22H21F3N6O2. The van der Waals surface area contributed by atoms with Gasteiger partial charge in [-0.15, -0.1) is 0 Å². The van der Waals surface area contributed by atoms with E-state index in [9.17, 15) is 22.8 Å². The summed E-state index contributed by atoms with van der Waals surface area (Å²) in [6.45, 7) is 4.06. The van der Waals surface area contributed by atoms with Gasteiger partial charge in [-0.2, -0.15) is 18.3 Å². The summed E-state index contributed by atoms with van der Waals surface area (Å²) in [5.74, 6) is -0.657. The molecule has 4 rings (SSSR count). The fourth-order valence-corrected chi connectivity index (χ4v) is 4.03. The molecule has 0 bridgehead atoms. The second kappa shape index (κ2) is 7.68. The van der Waals surface area contributed by atoms with Gasteiger partial charge in [-0.3, -0.25) is 24.2 Å². The van der Waals surface area contributed by atoms with Gasteiger partial charge in [0.1, 0.15) is 6.54 Å². The van der Waals surface area contributed by atoms with Crippen molar-refractivity contribution in [2.24, 2.45) is 0 Å². The molecule has 0 spiro atoms. The van der Waals surface area contributed by atoms with Crippen LogP contribution in [-0.2, 0) is 12.1 Å². The summed E-state index contributed by atoms with van der Waals surface area (Å²) >= 11 is 0. The number of amides is 2. The zero-order chi connectivity index (χ0) is 24.1. The SMILES string of the molecule is CNC(=O)c1cncc(-c2cc(C)c3c(n2)C(C)(C)N(c2cnn(CC(F)(F)F)c2)C3=O)c1. The Bertz CT molecular complexity index is 1270. The molecule has 33 heavy (non-hydrogen) atoms. The van der Waals surface area contributed by atoms with Gasteiger partial charge in [0.2, 0.25) is 0 Å². The van der Waals surface area contributed by atoms with E-state index < -0.39 is 18.3 Å². The van der Waals surface area contributed by atoms with Crippen molar-refractivity contribution in [1.82, 2.24) is 25.1 Å². The van der Waals surface area contributed by atoms with Crippen molar-refractivity contribution in [3.63, 3.8) is 0 Å². The van der Waals surface area contributed by atoms with E-state index in [0.29, 0.717) is 33.6 Å². The van der Waals surface area contributed by atoms with E-state index in [1.807, 2.05) is 0 Å². The second-order valence-corrected chi connectivity index (χ2v) is 8.30. The van der Waals surface area contributed by atoms with Gasteiger partial charge in [0, 0.05) is 31.2 Å². The molecule has 4 heterocycles. The first-order valence-corrected chi connectivity index (χ1v) is 10.1. The average molecular weight is 458 g/mol. The number of carbonyl (C=O) groups excluding carboxylic acids is 2. The third kappa shape index (κ3) is 3.94. The summed E-state index contributed by atoms with van der Waals surface area (Å²) in [6, 6.07) is 3.39. The molecule has 0 fully saturated rings. The Morgan fingerprint density at radius 3 is 2.58 bits per heavy atom. The van der Waals surface area contributed by atoms with Crippen LogP contribution in [0.2, 0.25) is 0 Å². The number of rotatable bonds is 4. The van der Waals surface area contributed by atoms with E-state index in [1.165, 1.54) is 30.5 Å². The lowest BCUT2D eigenvalue weighted by molar-refractivity contribution is -0.142. The minimum absolute atomic E-state index is 0.247. The van der Waals surface area contributed by atoms with Gasteiger partial charge in [0.25, 0.3) is 11.8 Å². The van der Waals surface area contributed by atoms with Crippen molar-refractivity contribution in [3.05, 3.63) is 59.3 Å². The summed E-state index contributed by atoms with van der Waals surface area (Å²) in [4.78, 5) is 35.5. The topological polar surface area (TPSA) is 93.0 Å². The third-order valence-electron chi connectivity index (χ3n) is 5.51. The van der Waals surface area contributed by atoms with Crippen molar-refractivity contribution in [2.45, 2.75) is 39.0 Å². The molecule has 0 atom stereocenters. The molecule has 3 aromatic rings. The normalized spacial score (nSPS) is 15.0. The number of anilines is 1. The van der Waals surface area contributed by atoms with E-state index in [1.54, 1.807) is 39.1 Å². The highest BCUT2D eigenvalue weighted by molar-refractivity contribution is 6.12. The largest absolute Gasteiger partial charge is 0.408 e. The summed E-state index contributed by atoms with van der Waals surface area (Å²) in [5.41, 5.74) is 2.32. The Morgan fingerprint density at radius 2 is 1.91 bits per heavy atom. The number of pyridine rings is 2. The van der Waals surface area contributed by atoms with Crippen molar-refractivity contribution >= 4 is 17.5 Å². The molecule has 1 aliphatic heterocycles. The Labute approximate surface area is 187 Å². The van der Waals surface area contributed by atoms with E-state index in [0.717, 1.165) is 4.68 Å². The maximum absolute atomic E-state index is 13.3. The zero-order valence-corrected chi connectivity index (χ0v) is 18.4. The highest BCUT2D eigenvalue weighted by atomic mass is 19.4. The van der Waals surface area contributed by atoms with Crippen LogP contribution in [0, 0.1) is 6.92 Å². The molecule has 0 aromatic carbocycles. The molecule has 0 unspecified atom stereocenters. The number of hydrogen-bond donors (Lipinski definition) is 1. The van der Waals surface area contributed by atoms with E-state index in [4.69, 9.17) is 4.98 Å². The van der Waals surface area contributed by atoms with E-state index in [2.05, 4.69) is 15.4 Å². The smallest absolute Gasteiger partial charge is 0.355 e. The Kier molecular flexibility index (Phi) is 5.22. The van der Waals surface area contributed by atoms with Crippen molar-refractivity contribution in [3.8, 4) is 11.3 Å². The number of nitrogens with zero attached hydrogens (tertiary/aromatic N) is 5. The molecule has 1 aliphatic rings. The fraction of sp³-hybridized carbons (Fsp3) is 0.318. The molecule has 1 N–H and O–H groups in total. The highest BCUT2D eigenvalue weighted by Crippen LogP contribution is 2.43. The van der Waals surface area contributed by atoms with Gasteiger partial charge >= 0.3 is 6.18 Å². The standard InChI is InChI=1S/C22H21F3N6O2/c1-12-5-16(13-6-14(8-27-7-13)19(32)26-4)29-18-17(12)20(33)31(21(18,2)3)15-9-28-30(10-15)11-22(23,24)25/h5-10H,11H2,1-4H3,(H,26,32). The molecule has 172 valence electrons. The summed E-state index contributed by atoms with van der Waals surface area (Å²) in [5, 5.41) is 6.31. The maximum atomic E-state index is 13.3. The minimum Gasteiger partial charge on any atom is -0.355 e. The van der Waals surface area contributed by atoms with E-state index in [-0.39, 0.29) is 17.5 Å². The quantitative estimate of drug-likeness (QED) is 0.646. The Balaban J connectivity index is 1.76. The monoisotopic (exact) mass is 458 g/mol. The van der Waals surface area contributed by atoms with Gasteiger partial charge in [0.05, 0.1) is 39.9 Å². The van der Waals surface area contributed by atoms with Crippen LogP contribution in [0.15, 0.2) is 36.9 Å². The predicted molar refractivity (Wildman–Crippen MR) is 114 cm³/mol. The van der Waals surface area contributed by atoms with Gasteiger partial charge in [0.15, 0.2) is 0 Å². The molecular weight excluding hydrogens is 437 g/mol. The van der Waals surface area contributed by atoms with Crippen LogP contribution >= 0.6 is 0 Å². The molecule has 11 heteroatoms. The van der Waals surface area contributed by atoms with Crippen molar-refractivity contribution in [2.75, 3.05) is 11.9 Å². The summed E-state index contributed by atoms with van der Waals surface area (Å²) < 4.78 is 39.0. The number of hydrogen-bond acceptors (Lipinski definition) is 5. The molecule has 0 saturated carbocycles. The average Bonchev–Trinajstić information content (AvgIpc) is 3.25. The number of carbonyl (C=O) groups is 2. The number of aryl methyl sites for hydroxylation is 1. The molecule has 0 aliphatic carbocycles. The van der Waals surface area contributed by atoms with Gasteiger partial charge in [-0.25, -0.2) is 4.98 Å². The molecule has 8 nitrogen and oxygen atoms in total. The van der Waals surface area contributed by atoms with Crippen molar-refractivity contribution in [1.29, 1.82) is 0 Å². The number of aromatic nitrogens is 4. The number of alkyl halides is 3. The molecule has 3 aromatic heterocycles. The lowest BCUT2D eigenvalue weighted by atomic mass is 9.96. The fourth-order valence-electron chi connectivity index (χ4n) is 4.03. The van der Waals surface area contributed by atoms with Crippen LogP contribution < -0.4 is 10.2 Å². The molecule has 2 amide bonds. The first kappa shape index (κ1) is 22.4. The van der Waals surface area contributed by atoms with Gasteiger partial charge in [-0.05, 0) is 38.5 Å². The number of halogens is 3. The van der Waals surface area contributed by atoms with Crippen LogP contribution in [0.5, 0.6) is 0 Å². The lowest BCUT2D eigenvalue weighted by Crippen LogP contribution is -2.39. The number of fused-ring (bicyclic) bond motifs is 1. The predicted octanol–water partition coefficient (Wildman–Crippen LogP) is 3.47. The minimum atomic E-state index is -4.43. The molecule has 0 radical (unpaired) electrons. The van der Waals surface area contributed by atoms with Gasteiger partial charge in [-0.1, -0.05) is 0 Å². The Morgan fingerprint density at radius 1 is 1.18 bits per heavy atom. The van der Waals surface area contributed by atoms with Crippen LogP contribution in [0.1, 0.15) is 45.8 Å². The van der Waals surface area contributed by atoms with Crippen LogP contribution in [0.3, 0.4) is 0 Å².